The summed E-state index contributed by atoms with van der Waals surface area (Å²) in [4.78, 5) is 2.54. The van der Waals surface area contributed by atoms with Gasteiger partial charge in [-0.15, -0.1) is 0 Å². The van der Waals surface area contributed by atoms with Crippen molar-refractivity contribution in [3.8, 4) is 0 Å². The lowest BCUT2D eigenvalue weighted by molar-refractivity contribution is 0.267. The second kappa shape index (κ2) is 4.80. The molecule has 2 rings (SSSR count). The van der Waals surface area contributed by atoms with Crippen LogP contribution in [0.15, 0.2) is 18.2 Å². The number of hydrogen-bond donors (Lipinski definition) is 0. The summed E-state index contributed by atoms with van der Waals surface area (Å²) >= 11 is 0. The van der Waals surface area contributed by atoms with Gasteiger partial charge >= 0.3 is 0 Å². The van der Waals surface area contributed by atoms with Gasteiger partial charge in [-0.25, -0.2) is 0 Å². The molecule has 0 aliphatic carbocycles. The molecule has 0 unspecified atom stereocenters. The van der Waals surface area contributed by atoms with E-state index in [9.17, 15) is 0 Å². The van der Waals surface area contributed by atoms with Crippen LogP contribution in [0.4, 0.5) is 0 Å². The Morgan fingerprint density at radius 3 is 2.87 bits per heavy atom. The Balaban J connectivity index is 2.28. The van der Waals surface area contributed by atoms with Crippen LogP contribution in [0.2, 0.25) is 0 Å². The van der Waals surface area contributed by atoms with Crippen molar-refractivity contribution < 1.29 is 0 Å². The Labute approximate surface area is 93.1 Å². The maximum atomic E-state index is 2.54. The minimum Gasteiger partial charge on any atom is -0.299 e. The zero-order chi connectivity index (χ0) is 10.7. The van der Waals surface area contributed by atoms with Crippen molar-refractivity contribution >= 4 is 0 Å². The molecule has 1 heterocycles. The van der Waals surface area contributed by atoms with Gasteiger partial charge < -0.3 is 0 Å². The van der Waals surface area contributed by atoms with Crippen LogP contribution in [-0.2, 0) is 19.4 Å². The van der Waals surface area contributed by atoms with Crippen LogP contribution >= 0.6 is 0 Å². The van der Waals surface area contributed by atoms with Crippen LogP contribution < -0.4 is 0 Å². The molecule has 1 aliphatic heterocycles. The summed E-state index contributed by atoms with van der Waals surface area (Å²) in [5, 5.41) is 0. The highest BCUT2D eigenvalue weighted by molar-refractivity contribution is 5.37. The van der Waals surface area contributed by atoms with Gasteiger partial charge in [0.1, 0.15) is 0 Å². The molecular weight excluding hydrogens is 182 g/mol. The zero-order valence-corrected chi connectivity index (χ0v) is 9.92. The minimum atomic E-state index is 1.17. The Hall–Kier alpha value is -0.820. The largest absolute Gasteiger partial charge is 0.299 e. The van der Waals surface area contributed by atoms with Crippen LogP contribution in [0.25, 0.3) is 0 Å². The second-order valence-electron chi connectivity index (χ2n) is 4.42. The Morgan fingerprint density at radius 2 is 2.13 bits per heavy atom. The van der Waals surface area contributed by atoms with E-state index in [2.05, 4.69) is 36.9 Å². The maximum Gasteiger partial charge on any atom is 0.0239 e. The van der Waals surface area contributed by atoms with E-state index in [4.69, 9.17) is 0 Å². The highest BCUT2D eigenvalue weighted by atomic mass is 15.1. The summed E-state index contributed by atoms with van der Waals surface area (Å²) in [5.41, 5.74) is 4.78. The summed E-state index contributed by atoms with van der Waals surface area (Å²) in [6, 6.07) is 6.84. The monoisotopic (exact) mass is 203 g/mol. The summed E-state index contributed by atoms with van der Waals surface area (Å²) in [7, 11) is 0. The van der Waals surface area contributed by atoms with Crippen molar-refractivity contribution in [2.75, 3.05) is 13.1 Å². The number of aryl methyl sites for hydroxylation is 1. The van der Waals surface area contributed by atoms with E-state index in [0.717, 1.165) is 0 Å². The molecule has 1 aromatic carbocycles. The third kappa shape index (κ3) is 2.23. The normalized spacial score (nSPS) is 16.4. The molecule has 0 fully saturated rings. The molecule has 0 saturated heterocycles. The lowest BCUT2D eigenvalue weighted by Gasteiger charge is -2.29. The van der Waals surface area contributed by atoms with Crippen molar-refractivity contribution in [2.45, 2.75) is 39.7 Å². The van der Waals surface area contributed by atoms with Gasteiger partial charge in [-0.05, 0) is 36.1 Å². The van der Waals surface area contributed by atoms with Crippen molar-refractivity contribution in [3.05, 3.63) is 34.9 Å². The fraction of sp³-hybridized carbons (Fsp3) is 0.571. The fourth-order valence-corrected chi connectivity index (χ4v) is 2.48. The second-order valence-corrected chi connectivity index (χ2v) is 4.42. The maximum absolute atomic E-state index is 2.54. The highest BCUT2D eigenvalue weighted by Crippen LogP contribution is 2.23. The number of benzene rings is 1. The number of nitrogens with zero attached hydrogens (tertiary/aromatic N) is 1. The summed E-state index contributed by atoms with van der Waals surface area (Å²) in [5.74, 6) is 0. The molecule has 15 heavy (non-hydrogen) atoms. The molecule has 0 radical (unpaired) electrons. The van der Waals surface area contributed by atoms with Gasteiger partial charge in [0.2, 0.25) is 0 Å². The van der Waals surface area contributed by atoms with Gasteiger partial charge in [0.25, 0.3) is 0 Å². The molecule has 1 nitrogen and oxygen atoms in total. The van der Waals surface area contributed by atoms with Gasteiger partial charge in [0, 0.05) is 13.1 Å². The molecule has 0 amide bonds. The van der Waals surface area contributed by atoms with Crippen LogP contribution in [0, 0.1) is 0 Å². The van der Waals surface area contributed by atoms with Gasteiger partial charge in [0.15, 0.2) is 0 Å². The standard InChI is InChI=1S/C14H21N/c1-3-6-12-7-5-8-13-9-10-15(4-2)11-14(12)13/h5,7-8H,3-4,6,9-11H2,1-2H3. The van der Waals surface area contributed by atoms with Gasteiger partial charge in [-0.3, -0.25) is 4.90 Å². The van der Waals surface area contributed by atoms with Crippen molar-refractivity contribution in [1.82, 2.24) is 4.90 Å². The Bertz CT molecular complexity index is 330. The number of hydrogen-bond acceptors (Lipinski definition) is 1. The zero-order valence-electron chi connectivity index (χ0n) is 9.92. The first-order valence-electron chi connectivity index (χ1n) is 6.17. The Kier molecular flexibility index (Phi) is 3.42. The Morgan fingerprint density at radius 1 is 1.27 bits per heavy atom. The molecule has 82 valence electrons. The predicted molar refractivity (Wildman–Crippen MR) is 65.1 cm³/mol. The SMILES string of the molecule is CCCc1cccc2c1CN(CC)CC2. The van der Waals surface area contributed by atoms with E-state index in [1.54, 1.807) is 16.7 Å². The lowest BCUT2D eigenvalue weighted by atomic mass is 9.93. The van der Waals surface area contributed by atoms with E-state index in [0.29, 0.717) is 0 Å². The van der Waals surface area contributed by atoms with Crippen LogP contribution in [0.1, 0.15) is 37.0 Å². The lowest BCUT2D eigenvalue weighted by Crippen LogP contribution is -2.30. The molecule has 1 heteroatoms. The third-order valence-corrected chi connectivity index (χ3v) is 3.42. The van der Waals surface area contributed by atoms with Crippen molar-refractivity contribution in [2.24, 2.45) is 0 Å². The van der Waals surface area contributed by atoms with E-state index in [1.165, 1.54) is 38.9 Å². The molecule has 0 atom stereocenters. The highest BCUT2D eigenvalue weighted by Gasteiger charge is 2.16. The topological polar surface area (TPSA) is 3.24 Å². The molecule has 1 aromatic rings. The predicted octanol–water partition coefficient (Wildman–Crippen LogP) is 3.02. The molecule has 0 N–H and O–H groups in total. The molecule has 1 aliphatic rings. The molecule has 0 saturated carbocycles. The molecule has 0 aromatic heterocycles. The number of rotatable bonds is 3. The first-order valence-corrected chi connectivity index (χ1v) is 6.17. The van der Waals surface area contributed by atoms with E-state index in [1.807, 2.05) is 0 Å². The average molecular weight is 203 g/mol. The average Bonchev–Trinajstić information content (AvgIpc) is 2.29. The van der Waals surface area contributed by atoms with Crippen LogP contribution in [0.5, 0.6) is 0 Å². The van der Waals surface area contributed by atoms with Crippen LogP contribution in [-0.4, -0.2) is 18.0 Å². The quantitative estimate of drug-likeness (QED) is 0.730. The smallest absolute Gasteiger partial charge is 0.0239 e. The first kappa shape index (κ1) is 10.7. The van der Waals surface area contributed by atoms with Crippen LogP contribution in [0.3, 0.4) is 0 Å². The van der Waals surface area contributed by atoms with Gasteiger partial charge in [-0.1, -0.05) is 38.5 Å². The number of likely N-dealkylation sites (N-methyl/N-ethyl adjacent to an activating group) is 1. The number of fused-ring (bicyclic) bond motifs is 1. The summed E-state index contributed by atoms with van der Waals surface area (Å²) in [6.07, 6.45) is 3.73. The van der Waals surface area contributed by atoms with E-state index >= 15 is 0 Å². The van der Waals surface area contributed by atoms with Crippen molar-refractivity contribution in [3.63, 3.8) is 0 Å². The first-order chi connectivity index (χ1) is 7.35. The fourth-order valence-electron chi connectivity index (χ4n) is 2.48. The van der Waals surface area contributed by atoms with E-state index in [-0.39, 0.29) is 0 Å². The van der Waals surface area contributed by atoms with Crippen molar-refractivity contribution in [1.29, 1.82) is 0 Å². The summed E-state index contributed by atoms with van der Waals surface area (Å²) in [6.45, 7) is 8.11. The molecular formula is C14H21N. The van der Waals surface area contributed by atoms with E-state index < -0.39 is 0 Å². The van der Waals surface area contributed by atoms with Gasteiger partial charge in [-0.2, -0.15) is 0 Å². The molecule has 0 bridgehead atoms. The summed E-state index contributed by atoms with van der Waals surface area (Å²) < 4.78 is 0. The third-order valence-electron chi connectivity index (χ3n) is 3.42. The minimum absolute atomic E-state index is 1.17. The van der Waals surface area contributed by atoms with Gasteiger partial charge in [0.05, 0.1) is 0 Å². The molecule has 0 spiro atoms.